The van der Waals surface area contributed by atoms with E-state index >= 15 is 0 Å². The fraction of sp³-hybridized carbons (Fsp3) is 0.372. The molecule has 14 nitrogen and oxygen atoms in total. The Morgan fingerprint density at radius 1 is 0.965 bits per heavy atom. The molecule has 4 heterocycles. The maximum absolute atomic E-state index is 14.0. The highest BCUT2D eigenvalue weighted by Crippen LogP contribution is 2.46. The SMILES string of the molecule is CCc1cc2c(cc1N1CCN(C(=O)CCOCCNc3cccc4c3C(=O)N(C3CCC(=O)NC3=O)C4=O)CC1)C(C)(C)c1[nH]c3cc(C#N)ccc3c1C2=O. The molecule has 0 saturated carbocycles. The van der Waals surface area contributed by atoms with E-state index in [0.717, 1.165) is 44.7 Å². The molecule has 14 heteroatoms. The van der Waals surface area contributed by atoms with Gasteiger partial charge in [0.2, 0.25) is 17.7 Å². The summed E-state index contributed by atoms with van der Waals surface area (Å²) in [6.45, 7) is 9.52. The van der Waals surface area contributed by atoms with Crippen molar-refractivity contribution in [2.75, 3.05) is 56.2 Å². The molecule has 3 aromatic carbocycles. The molecule has 4 aliphatic rings. The number of aryl methyl sites for hydroxylation is 1. The molecule has 0 bridgehead atoms. The van der Waals surface area contributed by atoms with Crippen LogP contribution in [-0.2, 0) is 31.0 Å². The fourth-order valence-electron chi connectivity index (χ4n) is 8.69. The van der Waals surface area contributed by atoms with E-state index in [1.54, 1.807) is 30.3 Å². The first-order valence-corrected chi connectivity index (χ1v) is 19.4. The number of piperazine rings is 1. The van der Waals surface area contributed by atoms with E-state index in [2.05, 4.69) is 53.4 Å². The van der Waals surface area contributed by atoms with Gasteiger partial charge in [0.1, 0.15) is 6.04 Å². The zero-order valence-electron chi connectivity index (χ0n) is 32.1. The number of nitrogens with one attached hydrogen (secondary N) is 3. The molecule has 2 fully saturated rings. The monoisotopic (exact) mass is 769 g/mol. The molecule has 292 valence electrons. The van der Waals surface area contributed by atoms with Crippen LogP contribution in [0.3, 0.4) is 0 Å². The second-order valence-electron chi connectivity index (χ2n) is 15.4. The number of ketones is 1. The van der Waals surface area contributed by atoms with Crippen LogP contribution in [-0.4, -0.2) is 102 Å². The van der Waals surface area contributed by atoms with Crippen molar-refractivity contribution in [1.82, 2.24) is 20.1 Å². The predicted octanol–water partition coefficient (Wildman–Crippen LogP) is 4.04. The molecule has 2 saturated heterocycles. The number of aromatic amines is 1. The molecule has 57 heavy (non-hydrogen) atoms. The molecule has 8 rings (SSSR count). The molecular weight excluding hydrogens is 727 g/mol. The number of benzene rings is 3. The number of amides is 5. The van der Waals surface area contributed by atoms with Crippen molar-refractivity contribution in [3.8, 4) is 6.07 Å². The Hall–Kier alpha value is -6.33. The maximum Gasteiger partial charge on any atom is 0.264 e. The lowest BCUT2D eigenvalue weighted by Crippen LogP contribution is -2.54. The van der Waals surface area contributed by atoms with Crippen LogP contribution in [0.1, 0.15) is 99.1 Å². The van der Waals surface area contributed by atoms with Gasteiger partial charge in [-0.3, -0.25) is 39.0 Å². The van der Waals surface area contributed by atoms with Crippen LogP contribution >= 0.6 is 0 Å². The van der Waals surface area contributed by atoms with E-state index < -0.39 is 35.1 Å². The Balaban J connectivity index is 0.844. The van der Waals surface area contributed by atoms with E-state index in [1.807, 2.05) is 17.0 Å². The number of nitriles is 1. The van der Waals surface area contributed by atoms with Gasteiger partial charge < -0.3 is 24.8 Å². The van der Waals surface area contributed by atoms with Crippen LogP contribution in [0.25, 0.3) is 10.9 Å². The molecular formula is C43H43N7O7. The summed E-state index contributed by atoms with van der Waals surface area (Å²) in [4.78, 5) is 86.3. The predicted molar refractivity (Wildman–Crippen MR) is 210 cm³/mol. The third-order valence-electron chi connectivity index (χ3n) is 11.8. The highest BCUT2D eigenvalue weighted by molar-refractivity contribution is 6.25. The minimum Gasteiger partial charge on any atom is -0.382 e. The van der Waals surface area contributed by atoms with Gasteiger partial charge in [0.15, 0.2) is 5.78 Å². The zero-order chi connectivity index (χ0) is 40.2. The second kappa shape index (κ2) is 14.6. The number of H-pyrrole nitrogens is 1. The quantitative estimate of drug-likeness (QED) is 0.157. The van der Waals surface area contributed by atoms with E-state index in [1.165, 1.54) is 0 Å². The molecule has 3 aliphatic heterocycles. The zero-order valence-corrected chi connectivity index (χ0v) is 32.1. The van der Waals surface area contributed by atoms with Gasteiger partial charge in [0.25, 0.3) is 11.8 Å². The molecule has 3 N–H and O–H groups in total. The molecule has 0 spiro atoms. The number of aromatic nitrogens is 1. The fourth-order valence-corrected chi connectivity index (χ4v) is 8.69. The Kier molecular flexibility index (Phi) is 9.65. The Morgan fingerprint density at radius 3 is 2.49 bits per heavy atom. The molecule has 5 amide bonds. The third kappa shape index (κ3) is 6.41. The van der Waals surface area contributed by atoms with E-state index in [4.69, 9.17) is 4.74 Å². The van der Waals surface area contributed by atoms with Crippen LogP contribution in [0.5, 0.6) is 0 Å². The summed E-state index contributed by atoms with van der Waals surface area (Å²) < 4.78 is 5.77. The van der Waals surface area contributed by atoms with Gasteiger partial charge in [0.05, 0.1) is 48.0 Å². The molecule has 0 radical (unpaired) electrons. The van der Waals surface area contributed by atoms with Gasteiger partial charge in [0, 0.05) is 78.1 Å². The molecule has 1 aliphatic carbocycles. The Morgan fingerprint density at radius 2 is 1.75 bits per heavy atom. The van der Waals surface area contributed by atoms with Gasteiger partial charge in [-0.15, -0.1) is 0 Å². The van der Waals surface area contributed by atoms with Crippen LogP contribution < -0.4 is 15.5 Å². The first-order chi connectivity index (χ1) is 27.4. The maximum atomic E-state index is 14.0. The van der Waals surface area contributed by atoms with Crippen LogP contribution in [0.4, 0.5) is 11.4 Å². The molecule has 1 unspecified atom stereocenters. The van der Waals surface area contributed by atoms with Crippen molar-refractivity contribution in [1.29, 1.82) is 5.26 Å². The number of fused-ring (bicyclic) bond motifs is 5. The number of hydrogen-bond donors (Lipinski definition) is 3. The van der Waals surface area contributed by atoms with Gasteiger partial charge in [-0.25, -0.2) is 0 Å². The van der Waals surface area contributed by atoms with Crippen LogP contribution in [0.15, 0.2) is 48.5 Å². The standard InChI is InChI=1S/C43H43N7O7/c1-4-25-21-28-29(43(2,3)39-37(38(28)53)26-9-8-24(23-44)20-31(26)46-39)22-33(25)48-14-16-49(17-15-48)35(52)12-18-57-19-13-45-30-7-5-6-27-36(30)42(56)50(41(27)55)32-10-11-34(51)47-40(32)54/h5-9,20-22,32,45-46H,4,10-19H2,1-3H3,(H,47,51,54). The lowest BCUT2D eigenvalue weighted by molar-refractivity contribution is -0.136. The highest BCUT2D eigenvalue weighted by atomic mass is 16.5. The molecule has 1 aromatic heterocycles. The number of nitrogens with zero attached hydrogens (tertiary/aromatic N) is 4. The number of imide groups is 2. The van der Waals surface area contributed by atoms with E-state index in [-0.39, 0.29) is 55.3 Å². The number of ether oxygens (including phenoxy) is 1. The smallest absolute Gasteiger partial charge is 0.264 e. The Bertz CT molecular complexity index is 2440. The van der Waals surface area contributed by atoms with Crippen LogP contribution in [0.2, 0.25) is 0 Å². The van der Waals surface area contributed by atoms with E-state index in [0.29, 0.717) is 55.1 Å². The summed E-state index contributed by atoms with van der Waals surface area (Å²) in [5.41, 5.74) is 6.97. The first-order valence-electron chi connectivity index (χ1n) is 19.4. The highest BCUT2D eigenvalue weighted by Gasteiger charge is 2.46. The summed E-state index contributed by atoms with van der Waals surface area (Å²) in [5.74, 6) is -2.26. The number of anilines is 2. The molecule has 1 atom stereocenters. The third-order valence-corrected chi connectivity index (χ3v) is 11.8. The summed E-state index contributed by atoms with van der Waals surface area (Å²) in [7, 11) is 0. The van der Waals surface area contributed by atoms with Crippen molar-refractivity contribution in [3.05, 3.63) is 93.2 Å². The van der Waals surface area contributed by atoms with Crippen molar-refractivity contribution < 1.29 is 33.5 Å². The number of carbonyl (C=O) groups is 6. The average Bonchev–Trinajstić information content (AvgIpc) is 3.73. The Labute approximate surface area is 329 Å². The second-order valence-corrected chi connectivity index (χ2v) is 15.4. The largest absolute Gasteiger partial charge is 0.382 e. The number of piperidine rings is 1. The molecule has 4 aromatic rings. The average molecular weight is 770 g/mol. The lowest BCUT2D eigenvalue weighted by atomic mass is 9.70. The van der Waals surface area contributed by atoms with Gasteiger partial charge >= 0.3 is 0 Å². The summed E-state index contributed by atoms with van der Waals surface area (Å²) in [5, 5.41) is 15.6. The number of carbonyl (C=O) groups excluding carboxylic acids is 6. The normalized spacial score (nSPS) is 18.7. The van der Waals surface area contributed by atoms with Crippen molar-refractivity contribution >= 4 is 57.6 Å². The van der Waals surface area contributed by atoms with Gasteiger partial charge in [-0.1, -0.05) is 32.9 Å². The van der Waals surface area contributed by atoms with Gasteiger partial charge in [-0.05, 0) is 60.4 Å². The summed E-state index contributed by atoms with van der Waals surface area (Å²) >= 11 is 0. The minimum atomic E-state index is -1.04. The van der Waals surface area contributed by atoms with Gasteiger partial charge in [-0.2, -0.15) is 5.26 Å². The van der Waals surface area contributed by atoms with Crippen molar-refractivity contribution in [2.24, 2.45) is 0 Å². The summed E-state index contributed by atoms with van der Waals surface area (Å²) in [6, 6.07) is 15.6. The number of hydrogen-bond acceptors (Lipinski definition) is 10. The number of rotatable bonds is 10. The van der Waals surface area contributed by atoms with Crippen molar-refractivity contribution in [3.63, 3.8) is 0 Å². The minimum absolute atomic E-state index is 0.0000737. The topological polar surface area (TPSA) is 185 Å². The summed E-state index contributed by atoms with van der Waals surface area (Å²) in [6.07, 6.45) is 1.09. The van der Waals surface area contributed by atoms with E-state index in [9.17, 15) is 34.0 Å². The lowest BCUT2D eigenvalue weighted by Gasteiger charge is -2.39. The van der Waals surface area contributed by atoms with Crippen molar-refractivity contribution in [2.45, 2.75) is 57.9 Å². The first kappa shape index (κ1) is 37.6. The van der Waals surface area contributed by atoms with Crippen LogP contribution in [0, 0.1) is 11.3 Å².